The van der Waals surface area contributed by atoms with Gasteiger partial charge in [-0.15, -0.1) is 6.42 Å². The van der Waals surface area contributed by atoms with Crippen LogP contribution in [0, 0.1) is 12.3 Å². The summed E-state index contributed by atoms with van der Waals surface area (Å²) in [5.41, 5.74) is 2.70. The lowest BCUT2D eigenvalue weighted by Gasteiger charge is -2.42. The first kappa shape index (κ1) is 17.8. The summed E-state index contributed by atoms with van der Waals surface area (Å²) < 4.78 is 0. The topological polar surface area (TPSA) is 40.6 Å². The third-order valence-electron chi connectivity index (χ3n) is 5.06. The van der Waals surface area contributed by atoms with E-state index in [0.717, 1.165) is 16.7 Å². The van der Waals surface area contributed by atoms with Gasteiger partial charge in [-0.05, 0) is 17.2 Å². The molecule has 1 heterocycles. The molecule has 132 valence electrons. The Balaban J connectivity index is 1.82. The lowest BCUT2D eigenvalue weighted by Crippen LogP contribution is -2.63. The number of nitrogens with zero attached hydrogens (tertiary/aromatic N) is 2. The maximum absolute atomic E-state index is 13.0. The Bertz CT molecular complexity index is 854. The van der Waals surface area contributed by atoms with Crippen LogP contribution in [0.15, 0.2) is 54.6 Å². The van der Waals surface area contributed by atoms with Gasteiger partial charge in [0.15, 0.2) is 0 Å². The third-order valence-corrected chi connectivity index (χ3v) is 5.06. The van der Waals surface area contributed by atoms with Crippen molar-refractivity contribution < 1.29 is 9.59 Å². The Hall–Kier alpha value is -3.06. The Morgan fingerprint density at radius 1 is 0.846 bits per heavy atom. The van der Waals surface area contributed by atoms with Gasteiger partial charge in [0.2, 0.25) is 11.8 Å². The van der Waals surface area contributed by atoms with Gasteiger partial charge < -0.3 is 9.80 Å². The summed E-state index contributed by atoms with van der Waals surface area (Å²) in [6.45, 7) is 0. The van der Waals surface area contributed by atoms with Crippen LogP contribution in [0.25, 0.3) is 0 Å². The molecule has 1 fully saturated rings. The summed E-state index contributed by atoms with van der Waals surface area (Å²) in [5, 5.41) is 0. The standard InChI is InChI=1S/C22H22N2O2/c1-4-17-12-8-9-13-18(17)15-20-22(26)23(2)19(21(25)24(20)3)14-16-10-6-5-7-11-16/h1,5-13,19-20H,14-15H2,2-3H3/t19-,20?/m0/s1. The minimum Gasteiger partial charge on any atom is -0.332 e. The molecule has 4 nitrogen and oxygen atoms in total. The van der Waals surface area contributed by atoms with Gasteiger partial charge in [-0.3, -0.25) is 9.59 Å². The third kappa shape index (κ3) is 3.34. The zero-order valence-electron chi connectivity index (χ0n) is 15.1. The predicted molar refractivity (Wildman–Crippen MR) is 101 cm³/mol. The summed E-state index contributed by atoms with van der Waals surface area (Å²) in [7, 11) is 3.41. The molecule has 26 heavy (non-hydrogen) atoms. The number of terminal acetylenes is 1. The summed E-state index contributed by atoms with van der Waals surface area (Å²) in [6, 6.07) is 16.3. The minimum absolute atomic E-state index is 0.0425. The van der Waals surface area contributed by atoms with Crippen molar-refractivity contribution in [3.8, 4) is 12.3 Å². The molecule has 3 rings (SSSR count). The van der Waals surface area contributed by atoms with Crippen LogP contribution in [-0.4, -0.2) is 47.8 Å². The Morgan fingerprint density at radius 3 is 2.00 bits per heavy atom. The number of hydrogen-bond acceptors (Lipinski definition) is 2. The van der Waals surface area contributed by atoms with Crippen molar-refractivity contribution in [3.05, 3.63) is 71.3 Å². The van der Waals surface area contributed by atoms with E-state index in [2.05, 4.69) is 5.92 Å². The van der Waals surface area contributed by atoms with Crippen molar-refractivity contribution in [1.29, 1.82) is 0 Å². The van der Waals surface area contributed by atoms with Crippen molar-refractivity contribution in [2.75, 3.05) is 14.1 Å². The summed E-state index contributed by atoms with van der Waals surface area (Å²) in [4.78, 5) is 29.1. The molecule has 0 aliphatic carbocycles. The molecule has 0 spiro atoms. The van der Waals surface area contributed by atoms with Crippen LogP contribution in [-0.2, 0) is 22.4 Å². The van der Waals surface area contributed by atoms with E-state index in [4.69, 9.17) is 6.42 Å². The van der Waals surface area contributed by atoms with Crippen LogP contribution < -0.4 is 0 Å². The van der Waals surface area contributed by atoms with Crippen LogP contribution >= 0.6 is 0 Å². The molecule has 0 aromatic heterocycles. The number of hydrogen-bond donors (Lipinski definition) is 0. The lowest BCUT2D eigenvalue weighted by atomic mass is 9.94. The van der Waals surface area contributed by atoms with Gasteiger partial charge in [-0.2, -0.15) is 0 Å². The van der Waals surface area contributed by atoms with E-state index < -0.39 is 12.1 Å². The second kappa shape index (κ2) is 7.45. The molecular weight excluding hydrogens is 324 g/mol. The molecule has 0 N–H and O–H groups in total. The normalized spacial score (nSPS) is 20.2. The molecule has 1 aliphatic rings. The number of rotatable bonds is 4. The molecule has 0 bridgehead atoms. The average Bonchev–Trinajstić information content (AvgIpc) is 2.68. The Morgan fingerprint density at radius 2 is 1.38 bits per heavy atom. The van der Waals surface area contributed by atoms with Crippen LogP contribution in [0.5, 0.6) is 0 Å². The van der Waals surface area contributed by atoms with Crippen LogP contribution in [0.4, 0.5) is 0 Å². The van der Waals surface area contributed by atoms with E-state index in [1.54, 1.807) is 23.9 Å². The van der Waals surface area contributed by atoms with E-state index >= 15 is 0 Å². The SMILES string of the molecule is C#Cc1ccccc1CC1C(=O)N(C)[C@@H](Cc2ccccc2)C(=O)N1C. The van der Waals surface area contributed by atoms with Crippen LogP contribution in [0.3, 0.4) is 0 Å². The molecule has 4 heteroatoms. The molecule has 1 saturated heterocycles. The summed E-state index contributed by atoms with van der Waals surface area (Å²) >= 11 is 0. The van der Waals surface area contributed by atoms with Gasteiger partial charge in [0.25, 0.3) is 0 Å². The number of carbonyl (C=O) groups is 2. The summed E-state index contributed by atoms with van der Waals surface area (Å²) in [5.74, 6) is 2.55. The quantitative estimate of drug-likeness (QED) is 0.796. The second-order valence-corrected chi connectivity index (χ2v) is 6.63. The number of benzene rings is 2. The Labute approximate surface area is 154 Å². The highest BCUT2D eigenvalue weighted by molar-refractivity contribution is 5.97. The fourth-order valence-electron chi connectivity index (χ4n) is 3.44. The molecule has 2 aromatic rings. The predicted octanol–water partition coefficient (Wildman–Crippen LogP) is 2.12. The average molecular weight is 346 g/mol. The highest BCUT2D eigenvalue weighted by atomic mass is 16.2. The minimum atomic E-state index is -0.533. The highest BCUT2D eigenvalue weighted by Gasteiger charge is 2.42. The fraction of sp³-hybridized carbons (Fsp3) is 0.273. The molecular formula is C22H22N2O2. The monoisotopic (exact) mass is 346 g/mol. The first-order chi connectivity index (χ1) is 12.5. The largest absolute Gasteiger partial charge is 0.332 e. The number of likely N-dealkylation sites (N-methyl/N-ethyl adjacent to an activating group) is 2. The van der Waals surface area contributed by atoms with Gasteiger partial charge in [-0.25, -0.2) is 0 Å². The maximum atomic E-state index is 13.0. The number of carbonyl (C=O) groups excluding carboxylic acids is 2. The Kier molecular flexibility index (Phi) is 5.09. The van der Waals surface area contributed by atoms with E-state index in [1.807, 2.05) is 54.6 Å². The molecule has 0 saturated carbocycles. The zero-order chi connectivity index (χ0) is 18.7. The molecule has 2 amide bonds. The van der Waals surface area contributed by atoms with E-state index in [-0.39, 0.29) is 11.8 Å². The second-order valence-electron chi connectivity index (χ2n) is 6.63. The van der Waals surface area contributed by atoms with Gasteiger partial charge in [0.05, 0.1) is 0 Å². The van der Waals surface area contributed by atoms with Gasteiger partial charge in [0, 0.05) is 32.5 Å². The first-order valence-electron chi connectivity index (χ1n) is 8.64. The molecule has 2 aromatic carbocycles. The number of amides is 2. The van der Waals surface area contributed by atoms with Crippen LogP contribution in [0.2, 0.25) is 0 Å². The molecule has 1 aliphatic heterocycles. The smallest absolute Gasteiger partial charge is 0.246 e. The fourth-order valence-corrected chi connectivity index (χ4v) is 3.44. The van der Waals surface area contributed by atoms with Gasteiger partial charge in [-0.1, -0.05) is 54.5 Å². The van der Waals surface area contributed by atoms with E-state index in [9.17, 15) is 9.59 Å². The van der Waals surface area contributed by atoms with Gasteiger partial charge >= 0.3 is 0 Å². The lowest BCUT2D eigenvalue weighted by molar-refractivity contribution is -0.158. The number of piperazine rings is 1. The highest BCUT2D eigenvalue weighted by Crippen LogP contribution is 2.22. The molecule has 0 radical (unpaired) electrons. The van der Waals surface area contributed by atoms with Crippen molar-refractivity contribution >= 4 is 11.8 Å². The van der Waals surface area contributed by atoms with E-state index in [0.29, 0.717) is 12.8 Å². The molecule has 1 unspecified atom stereocenters. The first-order valence-corrected chi connectivity index (χ1v) is 8.64. The van der Waals surface area contributed by atoms with Crippen molar-refractivity contribution in [1.82, 2.24) is 9.80 Å². The van der Waals surface area contributed by atoms with Crippen molar-refractivity contribution in [2.45, 2.75) is 24.9 Å². The van der Waals surface area contributed by atoms with Crippen LogP contribution in [0.1, 0.15) is 16.7 Å². The maximum Gasteiger partial charge on any atom is 0.246 e. The molecule has 2 atom stereocenters. The summed E-state index contributed by atoms with van der Waals surface area (Å²) in [6.07, 6.45) is 6.50. The van der Waals surface area contributed by atoms with Gasteiger partial charge in [0.1, 0.15) is 12.1 Å². The van der Waals surface area contributed by atoms with E-state index in [1.165, 1.54) is 0 Å². The van der Waals surface area contributed by atoms with Crippen molar-refractivity contribution in [3.63, 3.8) is 0 Å². The van der Waals surface area contributed by atoms with Crippen molar-refractivity contribution in [2.24, 2.45) is 0 Å². The zero-order valence-corrected chi connectivity index (χ0v) is 15.1.